The van der Waals surface area contributed by atoms with Crippen LogP contribution in [0.1, 0.15) is 52.4 Å². The van der Waals surface area contributed by atoms with Crippen molar-refractivity contribution < 1.29 is 33.2 Å². The van der Waals surface area contributed by atoms with Gasteiger partial charge in [-0.05, 0) is 6.42 Å². The molecular formula is C20H40O7. The summed E-state index contributed by atoms with van der Waals surface area (Å²) in [6, 6.07) is 0. The maximum absolute atomic E-state index is 10.5. The Hall–Kier alpha value is -0.730. The smallest absolute Gasteiger partial charge is 0.302 e. The summed E-state index contributed by atoms with van der Waals surface area (Å²) in [4.78, 5) is 10.5. The zero-order valence-electron chi connectivity index (χ0n) is 17.4. The number of ether oxygens (including phenoxy) is 6. The summed E-state index contributed by atoms with van der Waals surface area (Å²) < 4.78 is 31.7. The molecule has 0 aromatic heterocycles. The highest BCUT2D eigenvalue weighted by atomic mass is 16.6. The lowest BCUT2D eigenvalue weighted by molar-refractivity contribution is -0.142. The van der Waals surface area contributed by atoms with Crippen molar-refractivity contribution in [3.05, 3.63) is 0 Å². The predicted octanol–water partition coefficient (Wildman–Crippen LogP) is 2.99. The molecule has 162 valence electrons. The van der Waals surface area contributed by atoms with E-state index in [0.29, 0.717) is 59.5 Å². The summed E-state index contributed by atoms with van der Waals surface area (Å²) in [6.07, 6.45) is 7.70. The van der Waals surface area contributed by atoms with E-state index in [1.54, 1.807) is 0 Å². The van der Waals surface area contributed by atoms with Crippen molar-refractivity contribution in [3.63, 3.8) is 0 Å². The SMILES string of the molecule is CCCCCCCCOCCOCCOCCOCCOCCOC(C)=O. The average molecular weight is 393 g/mol. The lowest BCUT2D eigenvalue weighted by atomic mass is 10.1. The third-order valence-corrected chi connectivity index (χ3v) is 3.66. The van der Waals surface area contributed by atoms with Crippen LogP contribution in [0.3, 0.4) is 0 Å². The number of rotatable bonds is 22. The molecule has 0 aliphatic heterocycles. The Balaban J connectivity index is 2.98. The van der Waals surface area contributed by atoms with Crippen molar-refractivity contribution >= 4 is 5.97 Å². The van der Waals surface area contributed by atoms with Crippen molar-refractivity contribution in [1.82, 2.24) is 0 Å². The van der Waals surface area contributed by atoms with Crippen LogP contribution in [-0.4, -0.2) is 78.6 Å². The third-order valence-electron chi connectivity index (χ3n) is 3.66. The molecule has 0 N–H and O–H groups in total. The lowest BCUT2D eigenvalue weighted by Gasteiger charge is -2.08. The summed E-state index contributed by atoms with van der Waals surface area (Å²) in [5.41, 5.74) is 0. The average Bonchev–Trinajstić information content (AvgIpc) is 2.65. The molecule has 7 nitrogen and oxygen atoms in total. The fraction of sp³-hybridized carbons (Fsp3) is 0.950. The highest BCUT2D eigenvalue weighted by molar-refractivity contribution is 5.65. The maximum atomic E-state index is 10.5. The van der Waals surface area contributed by atoms with Gasteiger partial charge in [0, 0.05) is 13.5 Å². The van der Waals surface area contributed by atoms with E-state index in [0.717, 1.165) is 13.0 Å². The molecule has 0 fully saturated rings. The molecule has 0 aliphatic carbocycles. The first-order chi connectivity index (χ1) is 13.3. The Kier molecular flexibility index (Phi) is 22.7. The van der Waals surface area contributed by atoms with Crippen LogP contribution in [0.4, 0.5) is 0 Å². The van der Waals surface area contributed by atoms with Crippen molar-refractivity contribution in [1.29, 1.82) is 0 Å². The van der Waals surface area contributed by atoms with E-state index in [1.165, 1.54) is 39.0 Å². The molecular weight excluding hydrogens is 352 g/mol. The van der Waals surface area contributed by atoms with Crippen LogP contribution in [0.5, 0.6) is 0 Å². The predicted molar refractivity (Wildman–Crippen MR) is 104 cm³/mol. The van der Waals surface area contributed by atoms with Crippen molar-refractivity contribution in [2.45, 2.75) is 52.4 Å². The van der Waals surface area contributed by atoms with E-state index in [-0.39, 0.29) is 12.6 Å². The van der Waals surface area contributed by atoms with Gasteiger partial charge in [-0.15, -0.1) is 0 Å². The first kappa shape index (κ1) is 26.3. The minimum atomic E-state index is -0.295. The second-order valence-electron chi connectivity index (χ2n) is 6.17. The van der Waals surface area contributed by atoms with Gasteiger partial charge in [0.2, 0.25) is 0 Å². The van der Waals surface area contributed by atoms with E-state index in [4.69, 9.17) is 28.4 Å². The van der Waals surface area contributed by atoms with Gasteiger partial charge >= 0.3 is 5.97 Å². The maximum Gasteiger partial charge on any atom is 0.302 e. The van der Waals surface area contributed by atoms with Gasteiger partial charge in [0.25, 0.3) is 0 Å². The molecule has 7 heteroatoms. The van der Waals surface area contributed by atoms with Crippen LogP contribution in [0.15, 0.2) is 0 Å². The van der Waals surface area contributed by atoms with Gasteiger partial charge in [-0.25, -0.2) is 0 Å². The summed E-state index contributed by atoms with van der Waals surface area (Å²) in [5, 5.41) is 0. The van der Waals surface area contributed by atoms with Gasteiger partial charge in [-0.2, -0.15) is 0 Å². The van der Waals surface area contributed by atoms with Crippen molar-refractivity contribution in [3.8, 4) is 0 Å². The molecule has 0 heterocycles. The normalized spacial score (nSPS) is 11.0. The van der Waals surface area contributed by atoms with Crippen LogP contribution in [0, 0.1) is 0 Å². The Bertz CT molecular complexity index is 300. The monoisotopic (exact) mass is 392 g/mol. The Labute approximate surface area is 165 Å². The molecule has 0 saturated heterocycles. The molecule has 0 saturated carbocycles. The zero-order chi connectivity index (χ0) is 19.8. The molecule has 0 aromatic carbocycles. The zero-order valence-corrected chi connectivity index (χ0v) is 17.4. The third kappa shape index (κ3) is 25.3. The second kappa shape index (κ2) is 23.3. The summed E-state index contributed by atoms with van der Waals surface area (Å²) in [7, 11) is 0. The molecule has 0 unspecified atom stereocenters. The number of unbranched alkanes of at least 4 members (excludes halogenated alkanes) is 5. The van der Waals surface area contributed by atoms with Crippen LogP contribution in [0.25, 0.3) is 0 Å². The van der Waals surface area contributed by atoms with Crippen LogP contribution in [0.2, 0.25) is 0 Å². The molecule has 0 radical (unpaired) electrons. The summed E-state index contributed by atoms with van der Waals surface area (Å²) >= 11 is 0. The molecule has 0 bridgehead atoms. The summed E-state index contributed by atoms with van der Waals surface area (Å²) in [5.74, 6) is -0.295. The second-order valence-corrected chi connectivity index (χ2v) is 6.17. The minimum Gasteiger partial charge on any atom is -0.463 e. The molecule has 27 heavy (non-hydrogen) atoms. The van der Waals surface area contributed by atoms with E-state index in [9.17, 15) is 4.79 Å². The van der Waals surface area contributed by atoms with Gasteiger partial charge in [0.15, 0.2) is 0 Å². The molecule has 0 aliphatic rings. The van der Waals surface area contributed by atoms with E-state index >= 15 is 0 Å². The van der Waals surface area contributed by atoms with Crippen molar-refractivity contribution in [2.24, 2.45) is 0 Å². The van der Waals surface area contributed by atoms with Crippen LogP contribution < -0.4 is 0 Å². The highest BCUT2D eigenvalue weighted by Crippen LogP contribution is 2.04. The van der Waals surface area contributed by atoms with E-state index < -0.39 is 0 Å². The number of hydrogen-bond acceptors (Lipinski definition) is 7. The number of carbonyl (C=O) groups excluding carboxylic acids is 1. The minimum absolute atomic E-state index is 0.280. The van der Waals surface area contributed by atoms with Gasteiger partial charge in [0.05, 0.1) is 59.5 Å². The molecule has 0 aromatic rings. The quantitative estimate of drug-likeness (QED) is 0.207. The highest BCUT2D eigenvalue weighted by Gasteiger charge is 1.95. The Morgan fingerprint density at radius 1 is 0.519 bits per heavy atom. The van der Waals surface area contributed by atoms with Crippen LogP contribution in [-0.2, 0) is 33.2 Å². The first-order valence-electron chi connectivity index (χ1n) is 10.3. The fourth-order valence-corrected chi connectivity index (χ4v) is 2.21. The van der Waals surface area contributed by atoms with E-state index in [2.05, 4.69) is 6.92 Å². The topological polar surface area (TPSA) is 72.5 Å². The fourth-order valence-electron chi connectivity index (χ4n) is 2.21. The van der Waals surface area contributed by atoms with Gasteiger partial charge in [-0.1, -0.05) is 39.0 Å². The van der Waals surface area contributed by atoms with E-state index in [1.807, 2.05) is 0 Å². The Morgan fingerprint density at radius 3 is 1.33 bits per heavy atom. The molecule has 0 atom stereocenters. The molecule has 0 spiro atoms. The number of hydrogen-bond donors (Lipinski definition) is 0. The largest absolute Gasteiger partial charge is 0.463 e. The summed E-state index contributed by atoms with van der Waals surface area (Å²) in [6.45, 7) is 9.52. The van der Waals surface area contributed by atoms with Gasteiger partial charge < -0.3 is 28.4 Å². The number of esters is 1. The molecule has 0 rings (SSSR count). The standard InChI is InChI=1S/C20H40O7/c1-3-4-5-6-7-8-9-22-10-11-23-12-13-24-14-15-25-16-17-26-18-19-27-20(2)21/h3-19H2,1-2H3. The van der Waals surface area contributed by atoms with Crippen molar-refractivity contribution in [2.75, 3.05) is 72.7 Å². The Morgan fingerprint density at radius 2 is 0.889 bits per heavy atom. The van der Waals surface area contributed by atoms with Crippen LogP contribution >= 0.6 is 0 Å². The first-order valence-corrected chi connectivity index (χ1v) is 10.3. The molecule has 0 amide bonds. The number of carbonyl (C=O) groups is 1. The van der Waals surface area contributed by atoms with Gasteiger partial charge in [-0.3, -0.25) is 4.79 Å². The van der Waals surface area contributed by atoms with Gasteiger partial charge in [0.1, 0.15) is 6.61 Å². The lowest BCUT2D eigenvalue weighted by Crippen LogP contribution is -2.14.